The SMILES string of the molecule is CC(C)(C)NCC(O)CO.CC1(C)C2OC(CO[N+](=O)[O-])CN(c3cnsn3)C2C(C)(C)N1O. The summed E-state index contributed by atoms with van der Waals surface area (Å²) >= 11 is 1.09. The maximum atomic E-state index is 10.7. The van der Waals surface area contributed by atoms with Gasteiger partial charge in [0, 0.05) is 18.6 Å². The van der Waals surface area contributed by atoms with Crippen molar-refractivity contribution in [3.63, 3.8) is 0 Å². The van der Waals surface area contributed by atoms with Gasteiger partial charge in [-0.3, -0.25) is 0 Å². The Kier molecular flexibility index (Phi) is 9.18. The highest BCUT2D eigenvalue weighted by Gasteiger charge is 2.63. The number of morpholine rings is 1. The Bertz CT molecular complexity index is 789. The van der Waals surface area contributed by atoms with E-state index in [9.17, 15) is 15.3 Å². The number of aliphatic hydroxyl groups excluding tert-OH is 2. The zero-order valence-electron chi connectivity index (χ0n) is 20.8. The molecule has 2 aliphatic heterocycles. The minimum Gasteiger partial charge on any atom is -0.394 e. The summed E-state index contributed by atoms with van der Waals surface area (Å²) in [6.07, 6.45) is 0.120. The molecular formula is C20H38N6O7S. The van der Waals surface area contributed by atoms with Crippen LogP contribution in [-0.4, -0.2) is 102 Å². The molecule has 196 valence electrons. The molecule has 2 saturated heterocycles. The quantitative estimate of drug-likeness (QED) is 0.302. The summed E-state index contributed by atoms with van der Waals surface area (Å²) in [4.78, 5) is 17.0. The number of anilines is 1. The minimum absolute atomic E-state index is 0.0101. The van der Waals surface area contributed by atoms with Crippen molar-refractivity contribution in [2.75, 3.05) is 31.2 Å². The molecule has 0 aliphatic carbocycles. The van der Waals surface area contributed by atoms with Crippen LogP contribution in [-0.2, 0) is 9.57 Å². The highest BCUT2D eigenvalue weighted by atomic mass is 32.1. The first kappa shape index (κ1) is 28.6. The maximum Gasteiger partial charge on any atom is 0.294 e. The van der Waals surface area contributed by atoms with Gasteiger partial charge in [0.1, 0.15) is 12.7 Å². The number of hydrogen-bond acceptors (Lipinski definition) is 13. The zero-order valence-corrected chi connectivity index (χ0v) is 21.7. The Morgan fingerprint density at radius 3 is 2.53 bits per heavy atom. The number of aliphatic hydroxyl groups is 2. The number of rotatable bonds is 7. The number of hydroxylamine groups is 2. The molecule has 0 saturated carbocycles. The Balaban J connectivity index is 0.000000347. The lowest BCUT2D eigenvalue weighted by Crippen LogP contribution is -2.62. The van der Waals surface area contributed by atoms with Crippen LogP contribution in [0, 0.1) is 10.1 Å². The average molecular weight is 507 g/mol. The van der Waals surface area contributed by atoms with Gasteiger partial charge in [-0.05, 0) is 48.5 Å². The topological polar surface area (TPSA) is 167 Å². The summed E-state index contributed by atoms with van der Waals surface area (Å²) < 4.78 is 14.4. The van der Waals surface area contributed by atoms with Crippen LogP contribution in [0.2, 0.25) is 0 Å². The number of aromatic nitrogens is 2. The number of β-amino-alcohol motifs (C(OH)–C–C–N with tert-alkyl or cyclic N) is 1. The van der Waals surface area contributed by atoms with Gasteiger partial charge in [0.2, 0.25) is 0 Å². The van der Waals surface area contributed by atoms with Crippen LogP contribution in [0.15, 0.2) is 6.20 Å². The van der Waals surface area contributed by atoms with Gasteiger partial charge in [-0.15, -0.1) is 10.1 Å². The third-order valence-corrected chi connectivity index (χ3v) is 6.43. The first-order chi connectivity index (χ1) is 15.6. The Morgan fingerprint density at radius 2 is 2.03 bits per heavy atom. The molecule has 4 atom stereocenters. The number of nitrogens with zero attached hydrogens (tertiary/aromatic N) is 5. The summed E-state index contributed by atoms with van der Waals surface area (Å²) in [5.41, 5.74) is -1.27. The van der Waals surface area contributed by atoms with E-state index in [1.807, 2.05) is 53.4 Å². The van der Waals surface area contributed by atoms with Crippen LogP contribution in [0.5, 0.6) is 0 Å². The maximum absolute atomic E-state index is 10.7. The smallest absolute Gasteiger partial charge is 0.294 e. The summed E-state index contributed by atoms with van der Waals surface area (Å²) in [5, 5.41) is 42.1. The van der Waals surface area contributed by atoms with E-state index in [1.54, 1.807) is 6.20 Å². The molecule has 0 aromatic carbocycles. The number of ether oxygens (including phenoxy) is 1. The van der Waals surface area contributed by atoms with E-state index in [-0.39, 0.29) is 30.9 Å². The largest absolute Gasteiger partial charge is 0.394 e. The third kappa shape index (κ3) is 6.71. The number of nitrogens with one attached hydrogen (secondary N) is 1. The van der Waals surface area contributed by atoms with E-state index in [2.05, 4.69) is 18.9 Å². The second kappa shape index (κ2) is 10.9. The van der Waals surface area contributed by atoms with Gasteiger partial charge in [0.05, 0.1) is 53.9 Å². The van der Waals surface area contributed by atoms with Crippen molar-refractivity contribution in [2.24, 2.45) is 0 Å². The molecule has 0 spiro atoms. The molecule has 2 fully saturated rings. The van der Waals surface area contributed by atoms with Crippen LogP contribution in [0.3, 0.4) is 0 Å². The van der Waals surface area contributed by atoms with Crippen molar-refractivity contribution >= 4 is 17.5 Å². The van der Waals surface area contributed by atoms with E-state index >= 15 is 0 Å². The van der Waals surface area contributed by atoms with Gasteiger partial charge < -0.3 is 35.2 Å². The summed E-state index contributed by atoms with van der Waals surface area (Å²) in [7, 11) is 0. The fraction of sp³-hybridized carbons (Fsp3) is 0.900. The van der Waals surface area contributed by atoms with Gasteiger partial charge >= 0.3 is 0 Å². The predicted octanol–water partition coefficient (Wildman–Crippen LogP) is 0.679. The average Bonchev–Trinajstić information content (AvgIpc) is 3.33. The lowest BCUT2D eigenvalue weighted by Gasteiger charge is -2.46. The monoisotopic (exact) mass is 506 g/mol. The van der Waals surface area contributed by atoms with Crippen molar-refractivity contribution < 1.29 is 30.1 Å². The van der Waals surface area contributed by atoms with E-state index in [0.717, 1.165) is 11.7 Å². The Labute approximate surface area is 204 Å². The second-order valence-corrected chi connectivity index (χ2v) is 11.2. The van der Waals surface area contributed by atoms with Crippen molar-refractivity contribution in [1.29, 1.82) is 0 Å². The standard InChI is InChI=1S/C13H21N5O5S.C7H17NO2/c1-12(2)10-11(13(3,4)17(12)19)23-8(7-22-18(20)21)6-16(10)9-5-14-24-15-9;1-7(2,3)8-4-6(10)5-9/h5,8,10-11,19H,6-7H2,1-4H3;6,8-10H,4-5H2,1-3H3. The molecule has 4 unspecified atom stereocenters. The van der Waals surface area contributed by atoms with Crippen molar-refractivity contribution in [3.05, 3.63) is 16.3 Å². The lowest BCUT2D eigenvalue weighted by molar-refractivity contribution is -0.759. The first-order valence-corrected chi connectivity index (χ1v) is 11.8. The summed E-state index contributed by atoms with van der Waals surface area (Å²) in [6, 6.07) is -0.187. The van der Waals surface area contributed by atoms with E-state index in [0.29, 0.717) is 18.9 Å². The molecule has 4 N–H and O–H groups in total. The highest BCUT2D eigenvalue weighted by Crippen LogP contribution is 2.47. The zero-order chi connectivity index (χ0) is 25.9. The van der Waals surface area contributed by atoms with Crippen LogP contribution in [0.1, 0.15) is 48.5 Å². The second-order valence-electron chi connectivity index (χ2n) is 10.6. The van der Waals surface area contributed by atoms with Crippen LogP contribution < -0.4 is 10.2 Å². The van der Waals surface area contributed by atoms with Gasteiger partial charge in [0.25, 0.3) is 5.09 Å². The Hall–Kier alpha value is -1.68. The van der Waals surface area contributed by atoms with Crippen LogP contribution in [0.25, 0.3) is 0 Å². The fourth-order valence-electron chi connectivity index (χ4n) is 4.36. The van der Waals surface area contributed by atoms with Gasteiger partial charge in [0.15, 0.2) is 5.82 Å². The molecule has 0 radical (unpaired) electrons. The van der Waals surface area contributed by atoms with Gasteiger partial charge in [-0.2, -0.15) is 13.8 Å². The van der Waals surface area contributed by atoms with Gasteiger partial charge in [-0.25, -0.2) is 0 Å². The third-order valence-electron chi connectivity index (χ3n) is 5.96. The molecule has 3 heterocycles. The van der Waals surface area contributed by atoms with E-state index in [4.69, 9.17) is 14.9 Å². The normalized spacial score (nSPS) is 26.9. The van der Waals surface area contributed by atoms with Crippen molar-refractivity contribution in [1.82, 2.24) is 19.1 Å². The van der Waals surface area contributed by atoms with Crippen molar-refractivity contribution in [3.8, 4) is 0 Å². The summed E-state index contributed by atoms with van der Waals surface area (Å²) in [5.74, 6) is 0.670. The van der Waals surface area contributed by atoms with E-state index < -0.39 is 28.4 Å². The molecule has 0 bridgehead atoms. The lowest BCUT2D eigenvalue weighted by atomic mass is 9.88. The molecule has 2 aliphatic rings. The minimum atomic E-state index is -0.827. The molecular weight excluding hydrogens is 468 g/mol. The molecule has 13 nitrogen and oxygen atoms in total. The van der Waals surface area contributed by atoms with E-state index in [1.165, 1.54) is 5.06 Å². The van der Waals surface area contributed by atoms with Crippen LogP contribution >= 0.6 is 11.7 Å². The molecule has 1 aromatic heterocycles. The molecule has 3 rings (SSSR count). The number of fused-ring (bicyclic) bond motifs is 1. The molecule has 14 heteroatoms. The first-order valence-electron chi connectivity index (χ1n) is 11.1. The Morgan fingerprint density at radius 1 is 1.38 bits per heavy atom. The summed E-state index contributed by atoms with van der Waals surface area (Å²) in [6.45, 7) is 14.1. The van der Waals surface area contributed by atoms with Crippen LogP contribution in [0.4, 0.5) is 5.82 Å². The molecule has 1 aromatic rings. The molecule has 0 amide bonds. The van der Waals surface area contributed by atoms with Gasteiger partial charge in [-0.1, -0.05) is 0 Å². The number of hydrogen-bond donors (Lipinski definition) is 4. The van der Waals surface area contributed by atoms with Crippen molar-refractivity contribution in [2.45, 2.75) is 89.4 Å². The predicted molar refractivity (Wildman–Crippen MR) is 125 cm³/mol. The molecule has 34 heavy (non-hydrogen) atoms. The highest BCUT2D eigenvalue weighted by molar-refractivity contribution is 6.99. The fourth-order valence-corrected chi connectivity index (χ4v) is 4.79.